The minimum absolute atomic E-state index is 0.182. The molecule has 0 bridgehead atoms. The molecule has 1 nitrogen and oxygen atoms in total. The predicted molar refractivity (Wildman–Crippen MR) is 126 cm³/mol. The van der Waals surface area contributed by atoms with Gasteiger partial charge in [0.2, 0.25) is 0 Å². The fraction of sp³-hybridized carbons (Fsp3) is 0.714. The van der Waals surface area contributed by atoms with E-state index in [1.54, 1.807) is 5.57 Å². The zero-order valence-electron chi connectivity index (χ0n) is 19.6. The highest BCUT2D eigenvalue weighted by atomic mass is 16.3. The molecule has 3 aliphatic rings. The Kier molecular flexibility index (Phi) is 7.31. The van der Waals surface area contributed by atoms with Gasteiger partial charge in [0.25, 0.3) is 0 Å². The molecule has 3 rings (SSSR count). The molecule has 29 heavy (non-hydrogen) atoms. The Bertz CT molecular complexity index is 678. The third kappa shape index (κ3) is 4.98. The quantitative estimate of drug-likeness (QED) is 0.473. The molecule has 0 heterocycles. The van der Waals surface area contributed by atoms with Gasteiger partial charge in [-0.3, -0.25) is 0 Å². The van der Waals surface area contributed by atoms with Crippen molar-refractivity contribution < 1.29 is 5.11 Å². The minimum atomic E-state index is -0.182. The van der Waals surface area contributed by atoms with Crippen LogP contribution in [0.4, 0.5) is 0 Å². The number of hydrogen-bond acceptors (Lipinski definition) is 1. The lowest BCUT2D eigenvalue weighted by atomic mass is 9.61. The summed E-state index contributed by atoms with van der Waals surface area (Å²) in [5.41, 5.74) is 4.61. The summed E-state index contributed by atoms with van der Waals surface area (Å²) in [5.74, 6) is 3.58. The van der Waals surface area contributed by atoms with Gasteiger partial charge in [0.05, 0.1) is 6.10 Å². The van der Waals surface area contributed by atoms with Gasteiger partial charge in [-0.25, -0.2) is 0 Å². The summed E-state index contributed by atoms with van der Waals surface area (Å²) in [6.07, 6.45) is 18.8. The maximum absolute atomic E-state index is 10.0. The van der Waals surface area contributed by atoms with Crippen LogP contribution in [0, 0.1) is 35.0 Å². The maximum Gasteiger partial charge on any atom is 0.0583 e. The molecule has 0 aromatic heterocycles. The molecule has 6 atom stereocenters. The lowest BCUT2D eigenvalue weighted by Gasteiger charge is -2.44. The summed E-state index contributed by atoms with van der Waals surface area (Å²) in [5, 5.41) is 10.0. The van der Waals surface area contributed by atoms with E-state index >= 15 is 0 Å². The third-order valence-electron chi connectivity index (χ3n) is 8.63. The van der Waals surface area contributed by atoms with E-state index in [2.05, 4.69) is 65.5 Å². The fourth-order valence-electron chi connectivity index (χ4n) is 6.25. The van der Waals surface area contributed by atoms with Crippen molar-refractivity contribution in [2.45, 2.75) is 92.1 Å². The third-order valence-corrected chi connectivity index (χ3v) is 8.63. The molecular weight excluding hydrogens is 352 g/mol. The van der Waals surface area contributed by atoms with Crippen molar-refractivity contribution in [3.63, 3.8) is 0 Å². The highest BCUT2D eigenvalue weighted by molar-refractivity contribution is 5.36. The molecule has 3 fully saturated rings. The molecule has 0 amide bonds. The van der Waals surface area contributed by atoms with E-state index in [4.69, 9.17) is 0 Å². The normalized spacial score (nSPS) is 38.2. The number of fused-ring (bicyclic) bond motifs is 1. The van der Waals surface area contributed by atoms with E-state index in [-0.39, 0.29) is 6.10 Å². The standard InChI is InChI=1S/C28H44O/c1-19(2)20(3)9-10-22(5)26-15-16-27-23(8-7-17-28(26,27)6)12-13-24-18-25(29)14-11-21(24)4/h9-10,12-13,19-20,22,25-27,29H,4,7-8,11,14-18H2,1-3,5-6H3/b10-9-,23-12+,24-13-/t20-,22+,25-,26+,27-,28+/m0/s1. The SMILES string of the molecule is C=C1CC[C@H](O)C/C1=C/C=C1\CCC[C@]2(C)[C@@H]([C@H](C)/C=C\[C@H](C)C(C)C)CC[C@@H]12. The van der Waals surface area contributed by atoms with Crippen LogP contribution in [0.2, 0.25) is 0 Å². The molecule has 3 saturated carbocycles. The van der Waals surface area contributed by atoms with Gasteiger partial charge >= 0.3 is 0 Å². The van der Waals surface area contributed by atoms with Gasteiger partial charge in [-0.2, -0.15) is 0 Å². The first-order valence-corrected chi connectivity index (χ1v) is 12.2. The van der Waals surface area contributed by atoms with Crippen LogP contribution >= 0.6 is 0 Å². The second-order valence-electron chi connectivity index (χ2n) is 10.9. The average Bonchev–Trinajstić information content (AvgIpc) is 3.04. The second-order valence-corrected chi connectivity index (χ2v) is 10.9. The molecular formula is C28H44O. The van der Waals surface area contributed by atoms with Gasteiger partial charge in [-0.05, 0) is 91.9 Å². The average molecular weight is 397 g/mol. The van der Waals surface area contributed by atoms with Crippen molar-refractivity contribution in [3.8, 4) is 0 Å². The maximum atomic E-state index is 10.0. The van der Waals surface area contributed by atoms with Crippen molar-refractivity contribution in [2.75, 3.05) is 0 Å². The number of aliphatic hydroxyl groups is 1. The summed E-state index contributed by atoms with van der Waals surface area (Å²) >= 11 is 0. The summed E-state index contributed by atoms with van der Waals surface area (Å²) in [6.45, 7) is 16.3. The summed E-state index contributed by atoms with van der Waals surface area (Å²) < 4.78 is 0. The molecule has 0 unspecified atom stereocenters. The van der Waals surface area contributed by atoms with Crippen LogP contribution in [0.25, 0.3) is 0 Å². The van der Waals surface area contributed by atoms with Crippen LogP contribution in [-0.2, 0) is 0 Å². The molecule has 1 N–H and O–H groups in total. The van der Waals surface area contributed by atoms with Gasteiger partial charge in [0.15, 0.2) is 0 Å². The largest absolute Gasteiger partial charge is 0.393 e. The summed E-state index contributed by atoms with van der Waals surface area (Å²) in [4.78, 5) is 0. The van der Waals surface area contributed by atoms with Crippen LogP contribution in [0.1, 0.15) is 86.0 Å². The number of hydrogen-bond donors (Lipinski definition) is 1. The van der Waals surface area contributed by atoms with Gasteiger partial charge in [-0.1, -0.05) is 76.6 Å². The molecule has 1 heteroatoms. The van der Waals surface area contributed by atoms with Crippen molar-refractivity contribution in [2.24, 2.45) is 35.0 Å². The van der Waals surface area contributed by atoms with Gasteiger partial charge in [0, 0.05) is 0 Å². The zero-order chi connectivity index (χ0) is 21.2. The molecule has 0 aromatic carbocycles. The topological polar surface area (TPSA) is 20.2 Å². The molecule has 0 spiro atoms. The van der Waals surface area contributed by atoms with Crippen LogP contribution in [0.5, 0.6) is 0 Å². The first-order valence-electron chi connectivity index (χ1n) is 12.2. The fourth-order valence-corrected chi connectivity index (χ4v) is 6.25. The van der Waals surface area contributed by atoms with E-state index in [1.165, 1.54) is 43.3 Å². The highest BCUT2D eigenvalue weighted by Gasteiger charge is 2.50. The number of rotatable bonds is 5. The second kappa shape index (κ2) is 9.38. The minimum Gasteiger partial charge on any atom is -0.393 e. The molecule has 162 valence electrons. The Labute approximate surface area is 180 Å². The van der Waals surface area contributed by atoms with Crippen LogP contribution in [-0.4, -0.2) is 11.2 Å². The number of aliphatic hydroxyl groups excluding tert-OH is 1. The Morgan fingerprint density at radius 3 is 2.52 bits per heavy atom. The van der Waals surface area contributed by atoms with Crippen molar-refractivity contribution in [3.05, 3.63) is 47.6 Å². The molecule has 0 radical (unpaired) electrons. The van der Waals surface area contributed by atoms with Crippen LogP contribution in [0.15, 0.2) is 47.6 Å². The monoisotopic (exact) mass is 396 g/mol. The van der Waals surface area contributed by atoms with Gasteiger partial charge in [-0.15, -0.1) is 0 Å². The smallest absolute Gasteiger partial charge is 0.0583 e. The van der Waals surface area contributed by atoms with E-state index in [9.17, 15) is 5.11 Å². The number of allylic oxidation sites excluding steroid dienone is 6. The first kappa shape index (κ1) is 22.6. The summed E-state index contributed by atoms with van der Waals surface area (Å²) in [7, 11) is 0. The Morgan fingerprint density at radius 1 is 1.03 bits per heavy atom. The zero-order valence-corrected chi connectivity index (χ0v) is 19.6. The van der Waals surface area contributed by atoms with Gasteiger partial charge in [0.1, 0.15) is 0 Å². The van der Waals surface area contributed by atoms with Crippen molar-refractivity contribution >= 4 is 0 Å². The van der Waals surface area contributed by atoms with Crippen molar-refractivity contribution in [1.82, 2.24) is 0 Å². The molecule has 0 saturated heterocycles. The lowest BCUT2D eigenvalue weighted by molar-refractivity contribution is 0.112. The summed E-state index contributed by atoms with van der Waals surface area (Å²) in [6, 6.07) is 0. The molecule has 0 aromatic rings. The van der Waals surface area contributed by atoms with E-state index in [0.29, 0.717) is 17.3 Å². The first-order chi connectivity index (χ1) is 13.7. The highest BCUT2D eigenvalue weighted by Crippen LogP contribution is 2.59. The predicted octanol–water partition coefficient (Wildman–Crippen LogP) is 7.64. The Balaban J connectivity index is 1.75. The lowest BCUT2D eigenvalue weighted by Crippen LogP contribution is -2.35. The Hall–Kier alpha value is -1.08. The van der Waals surface area contributed by atoms with Crippen molar-refractivity contribution in [1.29, 1.82) is 0 Å². The molecule has 3 aliphatic carbocycles. The molecule has 0 aliphatic heterocycles. The Morgan fingerprint density at radius 2 is 1.79 bits per heavy atom. The van der Waals surface area contributed by atoms with E-state index in [1.807, 2.05) is 0 Å². The van der Waals surface area contributed by atoms with Crippen LogP contribution < -0.4 is 0 Å². The van der Waals surface area contributed by atoms with Gasteiger partial charge < -0.3 is 5.11 Å². The van der Waals surface area contributed by atoms with Crippen LogP contribution in [0.3, 0.4) is 0 Å². The van der Waals surface area contributed by atoms with E-state index in [0.717, 1.165) is 37.0 Å². The van der Waals surface area contributed by atoms with E-state index < -0.39 is 0 Å².